The molecule has 0 bridgehead atoms. The van der Waals surface area contributed by atoms with E-state index in [2.05, 4.69) is 4.98 Å². The second kappa shape index (κ2) is 4.61. The molecular weight excluding hydrogens is 128 g/mol. The maximum Gasteiger partial charge on any atom is 0.248 e. The van der Waals surface area contributed by atoms with Crippen molar-refractivity contribution in [1.82, 2.24) is 4.98 Å². The molecule has 0 aromatic carbocycles. The van der Waals surface area contributed by atoms with Gasteiger partial charge in [0.15, 0.2) is 0 Å². The first-order valence-corrected chi connectivity index (χ1v) is 3.23. The monoisotopic (exact) mass is 140 g/mol. The first-order valence-electron chi connectivity index (χ1n) is 3.23. The molecule has 0 amide bonds. The average molecular weight is 140 g/mol. The number of nitrogens with one attached hydrogen (secondary N) is 1. The maximum atomic E-state index is 10.3. The highest BCUT2D eigenvalue weighted by Gasteiger charge is 1.79. The molecule has 1 heterocycles. The molecule has 0 atom stereocenters. The highest BCUT2D eigenvalue weighted by atomic mass is 16.1. The van der Waals surface area contributed by atoms with Gasteiger partial charge in [-0.2, -0.15) is 0 Å². The molecule has 0 unspecified atom stereocenters. The molecule has 0 radical (unpaired) electrons. The van der Waals surface area contributed by atoms with E-state index in [1.165, 1.54) is 12.3 Å². The Kier molecular flexibility index (Phi) is 4.04. The van der Waals surface area contributed by atoms with Crippen LogP contribution >= 0.6 is 0 Å². The summed E-state index contributed by atoms with van der Waals surface area (Å²) in [5.74, 6) is 0. The molecule has 0 saturated carbocycles. The number of nitrogens with two attached hydrogens (primary N) is 1. The minimum absolute atomic E-state index is 0.126. The van der Waals surface area contributed by atoms with Crippen molar-refractivity contribution < 1.29 is 0 Å². The van der Waals surface area contributed by atoms with Gasteiger partial charge in [0.2, 0.25) is 5.56 Å². The summed E-state index contributed by atoms with van der Waals surface area (Å²) in [5, 5.41) is 0. The van der Waals surface area contributed by atoms with E-state index in [9.17, 15) is 4.79 Å². The Labute approximate surface area is 59.9 Å². The van der Waals surface area contributed by atoms with Gasteiger partial charge in [0.1, 0.15) is 0 Å². The van der Waals surface area contributed by atoms with Crippen molar-refractivity contribution in [3.63, 3.8) is 0 Å². The van der Waals surface area contributed by atoms with Crippen molar-refractivity contribution in [2.45, 2.75) is 13.8 Å². The number of aromatic amines is 1. The molecular formula is C7H12N2O. The summed E-state index contributed by atoms with van der Waals surface area (Å²) in [6, 6.07) is 2.94. The fourth-order valence-electron chi connectivity index (χ4n) is 0.423. The van der Waals surface area contributed by atoms with E-state index < -0.39 is 0 Å². The fourth-order valence-corrected chi connectivity index (χ4v) is 0.423. The van der Waals surface area contributed by atoms with Gasteiger partial charge in [-0.3, -0.25) is 4.79 Å². The lowest BCUT2D eigenvalue weighted by molar-refractivity contribution is 1.24. The Morgan fingerprint density at radius 3 is 2.30 bits per heavy atom. The molecule has 3 N–H and O–H groups in total. The van der Waals surface area contributed by atoms with Crippen LogP contribution in [0.2, 0.25) is 0 Å². The van der Waals surface area contributed by atoms with Crippen molar-refractivity contribution in [2.24, 2.45) is 0 Å². The summed E-state index contributed by atoms with van der Waals surface area (Å²) in [6.07, 6.45) is 1.46. The van der Waals surface area contributed by atoms with Gasteiger partial charge >= 0.3 is 0 Å². The molecule has 3 heteroatoms. The van der Waals surface area contributed by atoms with Crippen molar-refractivity contribution in [1.29, 1.82) is 0 Å². The molecule has 1 rings (SSSR count). The average Bonchev–Trinajstić information content (AvgIpc) is 2.00. The third kappa shape index (κ3) is 2.91. The number of anilines is 1. The first-order chi connectivity index (χ1) is 4.79. The van der Waals surface area contributed by atoms with Crippen LogP contribution in [0.5, 0.6) is 0 Å². The van der Waals surface area contributed by atoms with Crippen LogP contribution in [0.1, 0.15) is 13.8 Å². The smallest absolute Gasteiger partial charge is 0.248 e. The van der Waals surface area contributed by atoms with Crippen LogP contribution in [0.3, 0.4) is 0 Å². The minimum Gasteiger partial charge on any atom is -0.398 e. The first kappa shape index (κ1) is 8.75. The zero-order valence-electron chi connectivity index (χ0n) is 6.22. The predicted molar refractivity (Wildman–Crippen MR) is 42.8 cm³/mol. The predicted octanol–water partition coefficient (Wildman–Crippen LogP) is 0.983. The zero-order valence-corrected chi connectivity index (χ0v) is 6.22. The number of rotatable bonds is 0. The van der Waals surface area contributed by atoms with E-state index in [0.29, 0.717) is 5.69 Å². The van der Waals surface area contributed by atoms with Gasteiger partial charge in [0.25, 0.3) is 0 Å². The lowest BCUT2D eigenvalue weighted by Crippen LogP contribution is -2.02. The lowest BCUT2D eigenvalue weighted by atomic mass is 10.4. The van der Waals surface area contributed by atoms with E-state index in [0.717, 1.165) is 0 Å². The summed E-state index contributed by atoms with van der Waals surface area (Å²) in [6.45, 7) is 4.00. The van der Waals surface area contributed by atoms with E-state index in [1.807, 2.05) is 13.8 Å². The Morgan fingerprint density at radius 1 is 1.40 bits per heavy atom. The molecule has 0 spiro atoms. The molecule has 3 nitrogen and oxygen atoms in total. The van der Waals surface area contributed by atoms with E-state index in [4.69, 9.17) is 5.73 Å². The molecule has 0 aliphatic heterocycles. The Balaban J connectivity index is 0.000000371. The van der Waals surface area contributed by atoms with E-state index in [1.54, 1.807) is 6.07 Å². The minimum atomic E-state index is -0.126. The van der Waals surface area contributed by atoms with Gasteiger partial charge < -0.3 is 10.7 Å². The SMILES string of the molecule is CC.Nc1ccc(=O)[nH]c1. The van der Waals surface area contributed by atoms with Gasteiger partial charge in [-0.25, -0.2) is 0 Å². The van der Waals surface area contributed by atoms with Gasteiger partial charge in [-0.05, 0) is 6.07 Å². The topological polar surface area (TPSA) is 58.9 Å². The summed E-state index contributed by atoms with van der Waals surface area (Å²) in [7, 11) is 0. The Bertz CT molecular complexity index is 209. The molecule has 10 heavy (non-hydrogen) atoms. The van der Waals surface area contributed by atoms with Gasteiger partial charge in [0.05, 0.1) is 0 Å². The largest absolute Gasteiger partial charge is 0.398 e. The van der Waals surface area contributed by atoms with E-state index >= 15 is 0 Å². The number of H-pyrrole nitrogens is 1. The fraction of sp³-hybridized carbons (Fsp3) is 0.286. The maximum absolute atomic E-state index is 10.3. The highest BCUT2D eigenvalue weighted by molar-refractivity contribution is 5.32. The molecule has 0 fully saturated rings. The van der Waals surface area contributed by atoms with Crippen LogP contribution in [-0.2, 0) is 0 Å². The van der Waals surface area contributed by atoms with Crippen LogP contribution in [0.4, 0.5) is 5.69 Å². The third-order valence-electron chi connectivity index (χ3n) is 0.808. The Hall–Kier alpha value is -1.25. The van der Waals surface area contributed by atoms with Crippen molar-refractivity contribution in [3.05, 3.63) is 28.7 Å². The molecule has 0 aliphatic rings. The number of pyridine rings is 1. The molecule has 56 valence electrons. The Morgan fingerprint density at radius 2 is 2.00 bits per heavy atom. The number of aromatic nitrogens is 1. The van der Waals surface area contributed by atoms with Gasteiger partial charge in [-0.1, -0.05) is 13.8 Å². The number of hydrogen-bond donors (Lipinski definition) is 2. The number of nitrogen functional groups attached to an aromatic ring is 1. The molecule has 0 saturated heterocycles. The van der Waals surface area contributed by atoms with E-state index in [-0.39, 0.29) is 5.56 Å². The van der Waals surface area contributed by atoms with Crippen LogP contribution in [0.25, 0.3) is 0 Å². The summed E-state index contributed by atoms with van der Waals surface area (Å²) in [4.78, 5) is 12.7. The normalized spacial score (nSPS) is 7.80. The van der Waals surface area contributed by atoms with Crippen LogP contribution in [0.15, 0.2) is 23.1 Å². The standard InChI is InChI=1S/C5H6N2O.C2H6/c6-4-1-2-5(8)7-3-4;1-2/h1-3H,6H2,(H,7,8);1-2H3. The summed E-state index contributed by atoms with van der Waals surface area (Å²) in [5.41, 5.74) is 5.70. The molecule has 1 aromatic rings. The second-order valence-corrected chi connectivity index (χ2v) is 1.49. The van der Waals surface area contributed by atoms with Crippen molar-refractivity contribution >= 4 is 5.69 Å². The lowest BCUT2D eigenvalue weighted by Gasteiger charge is -1.84. The van der Waals surface area contributed by atoms with Crippen LogP contribution < -0.4 is 11.3 Å². The third-order valence-corrected chi connectivity index (χ3v) is 0.808. The quantitative estimate of drug-likeness (QED) is 0.564. The van der Waals surface area contributed by atoms with Crippen molar-refractivity contribution in [3.8, 4) is 0 Å². The molecule has 1 aromatic heterocycles. The summed E-state index contributed by atoms with van der Waals surface area (Å²) < 4.78 is 0. The molecule has 0 aliphatic carbocycles. The zero-order chi connectivity index (χ0) is 7.98. The van der Waals surface area contributed by atoms with Gasteiger partial charge in [-0.15, -0.1) is 0 Å². The van der Waals surface area contributed by atoms with Gasteiger partial charge in [0, 0.05) is 18.0 Å². The number of hydrogen-bond acceptors (Lipinski definition) is 2. The van der Waals surface area contributed by atoms with Crippen LogP contribution in [0, 0.1) is 0 Å². The van der Waals surface area contributed by atoms with Crippen LogP contribution in [-0.4, -0.2) is 4.98 Å². The second-order valence-electron chi connectivity index (χ2n) is 1.49. The van der Waals surface area contributed by atoms with Crippen molar-refractivity contribution in [2.75, 3.05) is 5.73 Å². The highest BCUT2D eigenvalue weighted by Crippen LogP contribution is 1.89. The summed E-state index contributed by atoms with van der Waals surface area (Å²) >= 11 is 0.